The van der Waals surface area contributed by atoms with Gasteiger partial charge >= 0.3 is 0 Å². The number of non-ortho nitro benzene ring substituents is 1. The van der Waals surface area contributed by atoms with Gasteiger partial charge in [0.1, 0.15) is 0 Å². The highest BCUT2D eigenvalue weighted by atomic mass is 28.4. The minimum absolute atomic E-state index is 0.0384. The maximum Gasteiger partial charge on any atom is 0.269 e. The van der Waals surface area contributed by atoms with E-state index in [4.69, 9.17) is 4.74 Å². The molecule has 0 unspecified atom stereocenters. The Morgan fingerprint density at radius 2 is 2.14 bits per heavy atom. The quantitative estimate of drug-likeness (QED) is 0.252. The third-order valence-electron chi connectivity index (χ3n) is 7.77. The average Bonchev–Trinajstić information content (AvgIpc) is 3.44. The molecular formula is C24H33N3O7Si. The molecule has 5 atom stereocenters. The van der Waals surface area contributed by atoms with Crippen LogP contribution in [0.2, 0.25) is 18.6 Å². The molecule has 0 aromatic heterocycles. The molecule has 35 heavy (non-hydrogen) atoms. The highest BCUT2D eigenvalue weighted by Gasteiger charge is 2.66. The first-order chi connectivity index (χ1) is 16.5. The number of rotatable bonds is 7. The fourth-order valence-corrected chi connectivity index (χ4v) is 8.89. The number of aliphatic hydroxyl groups is 1. The van der Waals surface area contributed by atoms with Gasteiger partial charge in [-0.3, -0.25) is 19.7 Å². The summed E-state index contributed by atoms with van der Waals surface area (Å²) in [6, 6.07) is 4.03. The Hall–Kier alpha value is -2.60. The van der Waals surface area contributed by atoms with Gasteiger partial charge in [0, 0.05) is 42.2 Å². The van der Waals surface area contributed by atoms with Crippen LogP contribution in [0.25, 0.3) is 0 Å². The number of aliphatic hydroxyl groups excluding tert-OH is 1. The molecule has 2 amide bonds. The van der Waals surface area contributed by atoms with Gasteiger partial charge in [-0.2, -0.15) is 0 Å². The van der Waals surface area contributed by atoms with Crippen LogP contribution in [-0.4, -0.2) is 71.7 Å². The van der Waals surface area contributed by atoms with E-state index in [9.17, 15) is 29.6 Å². The summed E-state index contributed by atoms with van der Waals surface area (Å²) in [4.78, 5) is 52.6. The Morgan fingerprint density at radius 3 is 2.74 bits per heavy atom. The fourth-order valence-electron chi connectivity index (χ4n) is 6.33. The average molecular weight is 504 g/mol. The van der Waals surface area contributed by atoms with Crippen molar-refractivity contribution in [3.05, 3.63) is 46.5 Å². The summed E-state index contributed by atoms with van der Waals surface area (Å²) in [5.41, 5.74) is -1.28. The van der Waals surface area contributed by atoms with Crippen molar-refractivity contribution in [1.29, 1.82) is 0 Å². The van der Waals surface area contributed by atoms with Crippen molar-refractivity contribution < 1.29 is 29.2 Å². The SMILES string of the molecule is C=CCN1C(=O)[C@]2(O[C@H](CC(=O)N3CCC[C@H]3CO)[C@@H]([Si](C)(C)O)[C@@H]2C)c2cc([N+](=O)[O-])ccc21. The molecule has 1 aromatic rings. The first-order valence-electron chi connectivity index (χ1n) is 12.0. The van der Waals surface area contributed by atoms with Gasteiger partial charge in [0.2, 0.25) is 5.91 Å². The third-order valence-corrected chi connectivity index (χ3v) is 10.3. The molecule has 2 N–H and O–H groups in total. The zero-order valence-electron chi connectivity index (χ0n) is 20.3. The lowest BCUT2D eigenvalue weighted by Crippen LogP contribution is -2.46. The zero-order chi connectivity index (χ0) is 25.7. The standard InChI is InChI=1S/C24H33N3O7Si/c1-5-10-26-19-9-8-16(27(31)32)12-18(19)24(23(26)30)15(2)22(35(3,4)33)20(34-24)13-21(29)25-11-6-7-17(25)14-28/h5,8-9,12,15,17,20,22,28,33H,1,6-7,10-11,13-14H2,2-4H3/t15-,17-,20+,22-,24+/m0/s1. The molecule has 10 nitrogen and oxygen atoms in total. The lowest BCUT2D eigenvalue weighted by atomic mass is 9.82. The van der Waals surface area contributed by atoms with Crippen molar-refractivity contribution in [3.63, 3.8) is 0 Å². The second-order valence-corrected chi connectivity index (χ2v) is 14.3. The molecule has 0 aliphatic carbocycles. The van der Waals surface area contributed by atoms with Gasteiger partial charge in [0.15, 0.2) is 13.9 Å². The predicted molar refractivity (Wildman–Crippen MR) is 131 cm³/mol. The van der Waals surface area contributed by atoms with Crippen LogP contribution >= 0.6 is 0 Å². The third kappa shape index (κ3) is 4.00. The largest absolute Gasteiger partial charge is 0.432 e. The van der Waals surface area contributed by atoms with Crippen LogP contribution < -0.4 is 4.90 Å². The summed E-state index contributed by atoms with van der Waals surface area (Å²) >= 11 is 0. The summed E-state index contributed by atoms with van der Waals surface area (Å²) in [5.74, 6) is -1.08. The van der Waals surface area contributed by atoms with E-state index in [1.807, 2.05) is 6.92 Å². The molecule has 3 aliphatic heterocycles. The summed E-state index contributed by atoms with van der Waals surface area (Å²) < 4.78 is 6.53. The molecule has 11 heteroatoms. The van der Waals surface area contributed by atoms with Crippen molar-refractivity contribution in [2.45, 2.75) is 62.6 Å². The van der Waals surface area contributed by atoms with Gasteiger partial charge in [0.25, 0.3) is 11.6 Å². The normalized spacial score (nSPS) is 30.3. The molecule has 1 spiro atoms. The van der Waals surface area contributed by atoms with E-state index >= 15 is 0 Å². The van der Waals surface area contributed by atoms with E-state index in [2.05, 4.69) is 6.58 Å². The molecule has 3 heterocycles. The van der Waals surface area contributed by atoms with Crippen LogP contribution in [0, 0.1) is 16.0 Å². The number of ether oxygens (including phenoxy) is 1. The highest BCUT2D eigenvalue weighted by molar-refractivity contribution is 6.71. The van der Waals surface area contributed by atoms with Gasteiger partial charge < -0.3 is 24.4 Å². The predicted octanol–water partition coefficient (Wildman–Crippen LogP) is 2.30. The van der Waals surface area contributed by atoms with Crippen LogP contribution in [-0.2, 0) is 19.9 Å². The van der Waals surface area contributed by atoms with Gasteiger partial charge in [-0.15, -0.1) is 6.58 Å². The van der Waals surface area contributed by atoms with Gasteiger partial charge in [-0.1, -0.05) is 13.0 Å². The van der Waals surface area contributed by atoms with E-state index in [-0.39, 0.29) is 43.1 Å². The second-order valence-electron chi connectivity index (χ2n) is 10.3. The maximum absolute atomic E-state index is 13.9. The number of hydrogen-bond acceptors (Lipinski definition) is 7. The van der Waals surface area contributed by atoms with Crippen molar-refractivity contribution in [2.75, 3.05) is 24.6 Å². The number of likely N-dealkylation sites (tertiary alicyclic amines) is 1. The lowest BCUT2D eigenvalue weighted by Gasteiger charge is -2.32. The Balaban J connectivity index is 1.78. The lowest BCUT2D eigenvalue weighted by molar-refractivity contribution is -0.385. The number of hydrogen-bond donors (Lipinski definition) is 2. The molecular weight excluding hydrogens is 470 g/mol. The number of fused-ring (bicyclic) bond motifs is 2. The van der Waals surface area contributed by atoms with Crippen molar-refractivity contribution in [2.24, 2.45) is 5.92 Å². The number of benzene rings is 1. The smallest absolute Gasteiger partial charge is 0.269 e. The number of nitro groups is 1. The summed E-state index contributed by atoms with van der Waals surface area (Å²) in [6.45, 7) is 9.70. The molecule has 190 valence electrons. The first kappa shape index (κ1) is 25.5. The van der Waals surface area contributed by atoms with E-state index in [1.165, 1.54) is 17.0 Å². The minimum atomic E-state index is -2.97. The maximum atomic E-state index is 13.9. The Bertz CT molecular complexity index is 1060. The van der Waals surface area contributed by atoms with E-state index in [0.29, 0.717) is 17.8 Å². The second kappa shape index (κ2) is 9.12. The van der Waals surface area contributed by atoms with Crippen LogP contribution in [0.3, 0.4) is 0 Å². The topological polar surface area (TPSA) is 133 Å². The molecule has 0 radical (unpaired) electrons. The number of anilines is 1. The van der Waals surface area contributed by atoms with Crippen molar-refractivity contribution >= 4 is 31.5 Å². The number of carbonyl (C=O) groups excluding carboxylic acids is 2. The molecule has 2 saturated heterocycles. The van der Waals surface area contributed by atoms with Crippen LogP contribution in [0.15, 0.2) is 30.9 Å². The number of nitro benzene ring substituents is 1. The Kier molecular flexibility index (Phi) is 6.64. The number of carbonyl (C=O) groups is 2. The summed E-state index contributed by atoms with van der Waals surface area (Å²) in [6.07, 6.45) is 2.32. The van der Waals surface area contributed by atoms with Crippen LogP contribution in [0.5, 0.6) is 0 Å². The number of nitrogens with zero attached hydrogens (tertiary/aromatic N) is 3. The zero-order valence-corrected chi connectivity index (χ0v) is 21.3. The van der Waals surface area contributed by atoms with Gasteiger partial charge in [-0.25, -0.2) is 0 Å². The Morgan fingerprint density at radius 1 is 1.43 bits per heavy atom. The van der Waals surface area contributed by atoms with Gasteiger partial charge in [-0.05, 0) is 32.0 Å². The molecule has 3 aliphatic rings. The van der Waals surface area contributed by atoms with Crippen LogP contribution in [0.4, 0.5) is 11.4 Å². The van der Waals surface area contributed by atoms with E-state index < -0.39 is 36.4 Å². The molecule has 0 bridgehead atoms. The first-order valence-corrected chi connectivity index (χ1v) is 15.0. The van der Waals surface area contributed by atoms with Crippen molar-refractivity contribution in [3.8, 4) is 0 Å². The molecule has 0 saturated carbocycles. The molecule has 1 aromatic carbocycles. The summed E-state index contributed by atoms with van der Waals surface area (Å²) in [7, 11) is -2.97. The van der Waals surface area contributed by atoms with Crippen LogP contribution in [0.1, 0.15) is 31.7 Å². The fraction of sp³-hybridized carbons (Fsp3) is 0.583. The monoisotopic (exact) mass is 503 g/mol. The highest BCUT2D eigenvalue weighted by Crippen LogP contribution is 2.60. The minimum Gasteiger partial charge on any atom is -0.432 e. The van der Waals surface area contributed by atoms with Crippen molar-refractivity contribution in [1.82, 2.24) is 4.90 Å². The molecule has 4 rings (SSSR count). The van der Waals surface area contributed by atoms with E-state index in [0.717, 1.165) is 12.8 Å². The molecule has 2 fully saturated rings. The Labute approximate surface area is 205 Å². The van der Waals surface area contributed by atoms with E-state index in [1.54, 1.807) is 30.1 Å². The number of amides is 2. The van der Waals surface area contributed by atoms with Gasteiger partial charge in [0.05, 0.1) is 35.8 Å². The summed E-state index contributed by atoms with van der Waals surface area (Å²) in [5, 5.41) is 21.2.